The summed E-state index contributed by atoms with van der Waals surface area (Å²) in [6, 6.07) is -0.719. The molecule has 1 fully saturated rings. The fourth-order valence-electron chi connectivity index (χ4n) is 1.87. The minimum Gasteiger partial charge on any atom is -0.382 e. The van der Waals surface area contributed by atoms with Gasteiger partial charge in [-0.05, 0) is 6.42 Å². The first-order chi connectivity index (χ1) is 8.95. The summed E-state index contributed by atoms with van der Waals surface area (Å²) in [4.78, 5) is 9.41. The lowest BCUT2D eigenvalue weighted by atomic mass is 9.92. The van der Waals surface area contributed by atoms with E-state index in [9.17, 15) is 9.46 Å². The molecule has 1 aliphatic rings. The third-order valence-corrected chi connectivity index (χ3v) is 3.80. The number of methoxy groups -OCH3 is 1. The maximum absolute atomic E-state index is 11.5. The molecule has 0 aliphatic carbocycles. The second-order valence-corrected chi connectivity index (χ2v) is 5.61. The average Bonchev–Trinajstić information content (AvgIpc) is 2.66. The van der Waals surface area contributed by atoms with Gasteiger partial charge in [0.05, 0.1) is 19.3 Å². The van der Waals surface area contributed by atoms with Gasteiger partial charge in [0, 0.05) is 20.2 Å². The molecule has 1 rings (SSSR count). The minimum absolute atomic E-state index is 0.289. The van der Waals surface area contributed by atoms with Crippen molar-refractivity contribution < 1.29 is 32.7 Å². The highest BCUT2D eigenvalue weighted by Gasteiger charge is 2.46. The van der Waals surface area contributed by atoms with Crippen molar-refractivity contribution in [3.63, 3.8) is 0 Å². The molecule has 2 radical (unpaired) electrons. The highest BCUT2D eigenvalue weighted by Crippen LogP contribution is 2.46. The molecule has 7 nitrogen and oxygen atoms in total. The lowest BCUT2D eigenvalue weighted by Gasteiger charge is -2.25. The average molecular weight is 294 g/mol. The summed E-state index contributed by atoms with van der Waals surface area (Å²) < 4.78 is 36.8. The highest BCUT2D eigenvalue weighted by atomic mass is 31.2. The molecule has 0 aromatic heterocycles. The molecule has 0 aromatic rings. The van der Waals surface area contributed by atoms with E-state index in [1.54, 1.807) is 7.11 Å². The fourth-order valence-corrected chi connectivity index (χ4v) is 2.52. The van der Waals surface area contributed by atoms with E-state index in [1.165, 1.54) is 0 Å². The van der Waals surface area contributed by atoms with Gasteiger partial charge in [0.25, 0.3) is 0 Å². The van der Waals surface area contributed by atoms with Crippen LogP contribution in [0.1, 0.15) is 13.3 Å². The van der Waals surface area contributed by atoms with E-state index in [2.05, 4.69) is 4.52 Å². The maximum atomic E-state index is 11.5. The Bertz CT molecular complexity index is 316. The van der Waals surface area contributed by atoms with E-state index < -0.39 is 32.1 Å². The zero-order chi connectivity index (χ0) is 14.5. The van der Waals surface area contributed by atoms with E-state index in [1.807, 2.05) is 6.92 Å². The second-order valence-electron chi connectivity index (χ2n) is 4.10. The van der Waals surface area contributed by atoms with Crippen LogP contribution in [0.4, 0.5) is 0 Å². The van der Waals surface area contributed by atoms with Crippen molar-refractivity contribution in [3.8, 4) is 0 Å². The Morgan fingerprint density at radius 1 is 1.32 bits per heavy atom. The molecule has 0 saturated carbocycles. The molecule has 0 aromatic carbocycles. The first-order valence-corrected chi connectivity index (χ1v) is 7.53. The first-order valence-electron chi connectivity index (χ1n) is 6.03. The van der Waals surface area contributed by atoms with Crippen LogP contribution in [0.25, 0.3) is 0 Å². The van der Waals surface area contributed by atoms with Gasteiger partial charge in [-0.1, -0.05) is 6.92 Å². The Balaban J connectivity index is 2.70. The van der Waals surface area contributed by atoms with E-state index in [0.29, 0.717) is 13.0 Å². The molecule has 0 bridgehead atoms. The van der Waals surface area contributed by atoms with Crippen LogP contribution in [0, 0.1) is 0 Å². The predicted octanol–water partition coefficient (Wildman–Crippen LogP) is 0.453. The zero-order valence-corrected chi connectivity index (χ0v) is 12.2. The van der Waals surface area contributed by atoms with Crippen molar-refractivity contribution in [1.29, 1.82) is 0 Å². The van der Waals surface area contributed by atoms with Crippen LogP contribution < -0.4 is 0 Å². The van der Waals surface area contributed by atoms with Crippen molar-refractivity contribution >= 4 is 15.7 Å². The predicted molar refractivity (Wildman–Crippen MR) is 68.0 cm³/mol. The van der Waals surface area contributed by atoms with Gasteiger partial charge in [0.15, 0.2) is 0 Å². The van der Waals surface area contributed by atoms with Crippen LogP contribution in [0.2, 0.25) is 0 Å². The Hall–Kier alpha value is 0.0549. The van der Waals surface area contributed by atoms with Crippen LogP contribution in [0.5, 0.6) is 0 Å². The molecule has 19 heavy (non-hydrogen) atoms. The summed E-state index contributed by atoms with van der Waals surface area (Å²) >= 11 is 0. The lowest BCUT2D eigenvalue weighted by molar-refractivity contribution is -0.0383. The van der Waals surface area contributed by atoms with Crippen LogP contribution in [-0.4, -0.2) is 64.5 Å². The third kappa shape index (κ3) is 4.83. The number of phosphoric acid groups is 1. The molecule has 3 unspecified atom stereocenters. The molecular weight excluding hydrogens is 274 g/mol. The lowest BCUT2D eigenvalue weighted by Crippen LogP contribution is -2.37. The molecule has 110 valence electrons. The van der Waals surface area contributed by atoms with Crippen molar-refractivity contribution in [3.05, 3.63) is 0 Å². The molecule has 1 N–H and O–H groups in total. The van der Waals surface area contributed by atoms with Gasteiger partial charge in [0.1, 0.15) is 20.1 Å². The second kappa shape index (κ2) is 7.74. The van der Waals surface area contributed by atoms with Crippen molar-refractivity contribution in [1.82, 2.24) is 0 Å². The summed E-state index contributed by atoms with van der Waals surface area (Å²) in [5.41, 5.74) is 0. The van der Waals surface area contributed by atoms with Gasteiger partial charge >= 0.3 is 7.82 Å². The Kier molecular flexibility index (Phi) is 6.97. The van der Waals surface area contributed by atoms with Gasteiger partial charge in [0.2, 0.25) is 0 Å². The SMILES string of the molecule is [B][C@@H]1O[C@H](CC)C(OP(=O)(O)OC)C1OCCOC. The zero-order valence-electron chi connectivity index (χ0n) is 11.4. The Morgan fingerprint density at radius 3 is 2.53 bits per heavy atom. The van der Waals surface area contributed by atoms with Gasteiger partial charge in [-0.3, -0.25) is 9.05 Å². The van der Waals surface area contributed by atoms with Crippen LogP contribution in [0.3, 0.4) is 0 Å². The number of rotatable bonds is 8. The molecule has 0 spiro atoms. The molecule has 1 heterocycles. The maximum Gasteiger partial charge on any atom is 0.472 e. The largest absolute Gasteiger partial charge is 0.472 e. The van der Waals surface area contributed by atoms with Gasteiger partial charge in [-0.15, -0.1) is 0 Å². The molecule has 0 amide bonds. The van der Waals surface area contributed by atoms with Crippen molar-refractivity contribution in [2.24, 2.45) is 0 Å². The number of ether oxygens (including phenoxy) is 3. The normalized spacial score (nSPS) is 34.3. The Morgan fingerprint density at radius 2 is 2.00 bits per heavy atom. The first kappa shape index (κ1) is 17.1. The van der Waals surface area contributed by atoms with E-state index in [-0.39, 0.29) is 6.61 Å². The standard InChI is InChI=1S/C10H20BO7P/c1-4-7-8(18-19(12,13)15-3)9(10(11)17-7)16-6-5-14-2/h7-10H,4-6H2,1-3H3,(H,12,13)/t7-,8?,9?,10-/m1/s1. The smallest absolute Gasteiger partial charge is 0.382 e. The number of hydrogen-bond donors (Lipinski definition) is 1. The third-order valence-electron chi connectivity index (χ3n) is 2.83. The van der Waals surface area contributed by atoms with E-state index >= 15 is 0 Å². The summed E-state index contributed by atoms with van der Waals surface area (Å²) in [5, 5.41) is 0. The van der Waals surface area contributed by atoms with Crippen LogP contribution >= 0.6 is 7.82 Å². The minimum atomic E-state index is -4.12. The van der Waals surface area contributed by atoms with Crippen LogP contribution in [0.15, 0.2) is 0 Å². The molecule has 9 heteroatoms. The summed E-state index contributed by atoms with van der Waals surface area (Å²) in [7, 11) is 4.32. The Labute approximate surface area is 114 Å². The molecule has 5 atom stereocenters. The monoisotopic (exact) mass is 294 g/mol. The van der Waals surface area contributed by atoms with Crippen LogP contribution in [-0.2, 0) is 27.8 Å². The quantitative estimate of drug-likeness (QED) is 0.395. The van der Waals surface area contributed by atoms with Crippen molar-refractivity contribution in [2.45, 2.75) is 37.7 Å². The highest BCUT2D eigenvalue weighted by molar-refractivity contribution is 7.47. The fraction of sp³-hybridized carbons (Fsp3) is 1.00. The molecule has 1 aliphatic heterocycles. The number of phosphoric ester groups is 1. The topological polar surface area (TPSA) is 83.5 Å². The van der Waals surface area contributed by atoms with Gasteiger partial charge in [-0.25, -0.2) is 4.57 Å². The van der Waals surface area contributed by atoms with E-state index in [0.717, 1.165) is 7.11 Å². The summed E-state index contributed by atoms with van der Waals surface area (Å²) in [6.07, 6.45) is -1.24. The summed E-state index contributed by atoms with van der Waals surface area (Å²) in [5.74, 6) is 0. The number of hydrogen-bond acceptors (Lipinski definition) is 6. The molecular formula is C10H20BO7P. The molecule has 1 saturated heterocycles. The van der Waals surface area contributed by atoms with E-state index in [4.69, 9.17) is 26.6 Å². The van der Waals surface area contributed by atoms with Gasteiger partial charge < -0.3 is 19.1 Å². The van der Waals surface area contributed by atoms with Gasteiger partial charge in [-0.2, -0.15) is 0 Å². The summed E-state index contributed by atoms with van der Waals surface area (Å²) in [6.45, 7) is 2.53. The van der Waals surface area contributed by atoms with Crippen molar-refractivity contribution in [2.75, 3.05) is 27.4 Å².